The first-order valence-electron chi connectivity index (χ1n) is 5.16. The molecule has 0 aromatic heterocycles. The van der Waals surface area contributed by atoms with E-state index in [1.165, 1.54) is 32.4 Å². The number of fused-ring (bicyclic) bond motifs is 1. The van der Waals surface area contributed by atoms with Gasteiger partial charge < -0.3 is 5.32 Å². The summed E-state index contributed by atoms with van der Waals surface area (Å²) in [5.74, 6) is 0. The Balaban J connectivity index is 0.000000750. The summed E-state index contributed by atoms with van der Waals surface area (Å²) in [6, 6.07) is 8.92. The second-order valence-electron chi connectivity index (χ2n) is 4.55. The standard InChI is InChI=1S/C12H15N.ClH/c1-2-4-11-8-12(5-6-13-9-12)7-10(11)3-1;/h1-4,13H,5-9H2;1H. The summed E-state index contributed by atoms with van der Waals surface area (Å²) in [5.41, 5.74) is 3.77. The number of hydrogen-bond donors (Lipinski definition) is 1. The fourth-order valence-electron chi connectivity index (χ4n) is 2.87. The average molecular weight is 210 g/mol. The van der Waals surface area contributed by atoms with Crippen LogP contribution in [0.4, 0.5) is 0 Å². The molecule has 0 atom stereocenters. The second-order valence-corrected chi connectivity index (χ2v) is 4.55. The van der Waals surface area contributed by atoms with Crippen molar-refractivity contribution in [3.8, 4) is 0 Å². The number of nitrogens with one attached hydrogen (secondary N) is 1. The highest BCUT2D eigenvalue weighted by molar-refractivity contribution is 5.85. The van der Waals surface area contributed by atoms with Crippen molar-refractivity contribution >= 4 is 12.4 Å². The van der Waals surface area contributed by atoms with Crippen LogP contribution >= 0.6 is 12.4 Å². The maximum absolute atomic E-state index is 3.49. The molecule has 1 spiro atoms. The molecule has 0 unspecified atom stereocenters. The Hall–Kier alpha value is -0.530. The van der Waals surface area contributed by atoms with Crippen molar-refractivity contribution in [2.75, 3.05) is 13.1 Å². The number of rotatable bonds is 0. The Kier molecular flexibility index (Phi) is 2.54. The van der Waals surface area contributed by atoms with Crippen LogP contribution < -0.4 is 5.32 Å². The predicted octanol–water partition coefficient (Wildman–Crippen LogP) is 2.19. The van der Waals surface area contributed by atoms with E-state index in [9.17, 15) is 0 Å². The molecule has 1 fully saturated rings. The minimum absolute atomic E-state index is 0. The van der Waals surface area contributed by atoms with E-state index in [0.29, 0.717) is 5.41 Å². The molecule has 0 saturated carbocycles. The second kappa shape index (κ2) is 3.56. The van der Waals surface area contributed by atoms with Crippen LogP contribution in [0.2, 0.25) is 0 Å². The van der Waals surface area contributed by atoms with Gasteiger partial charge in [0, 0.05) is 6.54 Å². The number of halogens is 1. The molecule has 2 heteroatoms. The maximum Gasteiger partial charge on any atom is 0.00147 e. The van der Waals surface area contributed by atoms with E-state index in [1.54, 1.807) is 11.1 Å². The van der Waals surface area contributed by atoms with Gasteiger partial charge in [0.1, 0.15) is 0 Å². The molecule has 3 rings (SSSR count). The minimum Gasteiger partial charge on any atom is -0.316 e. The molecule has 1 N–H and O–H groups in total. The molecule has 0 radical (unpaired) electrons. The van der Waals surface area contributed by atoms with Crippen LogP contribution in [-0.4, -0.2) is 13.1 Å². The van der Waals surface area contributed by atoms with E-state index in [0.717, 1.165) is 0 Å². The molecule has 1 nitrogen and oxygen atoms in total. The highest BCUT2D eigenvalue weighted by Crippen LogP contribution is 2.40. The van der Waals surface area contributed by atoms with Gasteiger partial charge in [0.2, 0.25) is 0 Å². The lowest BCUT2D eigenvalue weighted by molar-refractivity contribution is 0.345. The largest absolute Gasteiger partial charge is 0.316 e. The first kappa shape index (κ1) is 10.0. The van der Waals surface area contributed by atoms with Gasteiger partial charge in [0.05, 0.1) is 0 Å². The normalized spacial score (nSPS) is 22.0. The van der Waals surface area contributed by atoms with E-state index in [2.05, 4.69) is 29.6 Å². The van der Waals surface area contributed by atoms with E-state index in [4.69, 9.17) is 0 Å². The zero-order valence-electron chi connectivity index (χ0n) is 8.25. The van der Waals surface area contributed by atoms with Gasteiger partial charge in [0.25, 0.3) is 0 Å². The Morgan fingerprint density at radius 1 is 1.07 bits per heavy atom. The molecule has 76 valence electrons. The SMILES string of the molecule is Cl.c1ccc2c(c1)CC1(CCNC1)C2. The summed E-state index contributed by atoms with van der Waals surface area (Å²) in [4.78, 5) is 0. The zero-order chi connectivity index (χ0) is 8.73. The van der Waals surface area contributed by atoms with Crippen LogP contribution in [0.3, 0.4) is 0 Å². The van der Waals surface area contributed by atoms with Crippen molar-refractivity contribution < 1.29 is 0 Å². The van der Waals surface area contributed by atoms with E-state index < -0.39 is 0 Å². The first-order valence-corrected chi connectivity index (χ1v) is 5.16. The van der Waals surface area contributed by atoms with Crippen molar-refractivity contribution in [2.45, 2.75) is 19.3 Å². The van der Waals surface area contributed by atoms with Gasteiger partial charge in [0.15, 0.2) is 0 Å². The number of benzene rings is 1. The molecule has 1 aliphatic heterocycles. The summed E-state index contributed by atoms with van der Waals surface area (Å²) in [6.07, 6.45) is 3.97. The molecule has 14 heavy (non-hydrogen) atoms. The molecule has 1 heterocycles. The summed E-state index contributed by atoms with van der Waals surface area (Å²) >= 11 is 0. The average Bonchev–Trinajstić information content (AvgIpc) is 2.72. The molecular formula is C12H16ClN. The minimum atomic E-state index is 0. The molecule has 1 aromatic rings. The fourth-order valence-corrected chi connectivity index (χ4v) is 2.87. The van der Waals surface area contributed by atoms with E-state index >= 15 is 0 Å². The summed E-state index contributed by atoms with van der Waals surface area (Å²) in [7, 11) is 0. The topological polar surface area (TPSA) is 12.0 Å². The molecular weight excluding hydrogens is 194 g/mol. The van der Waals surface area contributed by atoms with Crippen LogP contribution in [0.25, 0.3) is 0 Å². The zero-order valence-corrected chi connectivity index (χ0v) is 9.07. The van der Waals surface area contributed by atoms with Gasteiger partial charge in [-0.25, -0.2) is 0 Å². The van der Waals surface area contributed by atoms with Crippen LogP contribution in [0, 0.1) is 5.41 Å². The highest BCUT2D eigenvalue weighted by atomic mass is 35.5. The Morgan fingerprint density at radius 3 is 2.21 bits per heavy atom. The van der Waals surface area contributed by atoms with E-state index in [1.807, 2.05) is 0 Å². The Labute approximate surface area is 91.3 Å². The third-order valence-electron chi connectivity index (χ3n) is 3.58. The van der Waals surface area contributed by atoms with Crippen molar-refractivity contribution in [2.24, 2.45) is 5.41 Å². The van der Waals surface area contributed by atoms with Gasteiger partial charge in [-0.1, -0.05) is 24.3 Å². The van der Waals surface area contributed by atoms with Crippen molar-refractivity contribution in [1.29, 1.82) is 0 Å². The lowest BCUT2D eigenvalue weighted by Gasteiger charge is -2.20. The van der Waals surface area contributed by atoms with Crippen LogP contribution in [0.15, 0.2) is 24.3 Å². The third-order valence-corrected chi connectivity index (χ3v) is 3.58. The van der Waals surface area contributed by atoms with E-state index in [-0.39, 0.29) is 12.4 Å². The van der Waals surface area contributed by atoms with Crippen molar-refractivity contribution in [3.63, 3.8) is 0 Å². The fraction of sp³-hybridized carbons (Fsp3) is 0.500. The van der Waals surface area contributed by atoms with Crippen LogP contribution in [0.5, 0.6) is 0 Å². The van der Waals surface area contributed by atoms with Gasteiger partial charge in [-0.2, -0.15) is 0 Å². The van der Waals surface area contributed by atoms with Crippen LogP contribution in [-0.2, 0) is 12.8 Å². The van der Waals surface area contributed by atoms with Gasteiger partial charge in [-0.3, -0.25) is 0 Å². The summed E-state index contributed by atoms with van der Waals surface area (Å²) < 4.78 is 0. The van der Waals surface area contributed by atoms with Gasteiger partial charge in [-0.15, -0.1) is 12.4 Å². The summed E-state index contributed by atoms with van der Waals surface area (Å²) in [6.45, 7) is 2.44. The number of hydrogen-bond acceptors (Lipinski definition) is 1. The quantitative estimate of drug-likeness (QED) is 0.691. The lowest BCUT2D eigenvalue weighted by atomic mass is 9.84. The first-order chi connectivity index (χ1) is 6.38. The Bertz CT molecular complexity index is 302. The lowest BCUT2D eigenvalue weighted by Crippen LogP contribution is -2.24. The van der Waals surface area contributed by atoms with Gasteiger partial charge >= 0.3 is 0 Å². The van der Waals surface area contributed by atoms with Crippen molar-refractivity contribution in [1.82, 2.24) is 5.32 Å². The monoisotopic (exact) mass is 209 g/mol. The molecule has 1 aliphatic carbocycles. The molecule has 1 aromatic carbocycles. The third kappa shape index (κ3) is 1.45. The maximum atomic E-state index is 3.49. The van der Waals surface area contributed by atoms with Crippen LogP contribution in [0.1, 0.15) is 17.5 Å². The predicted molar refractivity (Wildman–Crippen MR) is 61.0 cm³/mol. The molecule has 2 aliphatic rings. The smallest absolute Gasteiger partial charge is 0.00147 e. The molecule has 0 amide bonds. The highest BCUT2D eigenvalue weighted by Gasteiger charge is 2.38. The Morgan fingerprint density at radius 2 is 1.71 bits per heavy atom. The molecule has 1 saturated heterocycles. The molecule has 0 bridgehead atoms. The summed E-state index contributed by atoms with van der Waals surface area (Å²) in [5, 5.41) is 3.49. The van der Waals surface area contributed by atoms with Gasteiger partial charge in [-0.05, 0) is 42.3 Å². The van der Waals surface area contributed by atoms with Crippen molar-refractivity contribution in [3.05, 3.63) is 35.4 Å².